The van der Waals surface area contributed by atoms with Crippen molar-refractivity contribution in [2.75, 3.05) is 12.8 Å². The average Bonchev–Trinajstić information content (AvgIpc) is 2.91. The second-order valence-corrected chi connectivity index (χ2v) is 9.00. The fourth-order valence-electron chi connectivity index (χ4n) is 3.88. The van der Waals surface area contributed by atoms with Crippen LogP contribution in [0.3, 0.4) is 0 Å². The van der Waals surface area contributed by atoms with Crippen LogP contribution >= 0.6 is 11.8 Å². The van der Waals surface area contributed by atoms with Crippen molar-refractivity contribution < 1.29 is 24.9 Å². The van der Waals surface area contributed by atoms with Crippen molar-refractivity contribution in [3.8, 4) is 0 Å². The lowest BCUT2D eigenvalue weighted by molar-refractivity contribution is -0.208. The molecule has 0 spiro atoms. The van der Waals surface area contributed by atoms with Crippen LogP contribution < -0.4 is 10.6 Å². The summed E-state index contributed by atoms with van der Waals surface area (Å²) in [4.78, 5) is 12.9. The molecule has 28 heavy (non-hydrogen) atoms. The fourth-order valence-corrected chi connectivity index (χ4v) is 4.56. The number of thioether (sulfide) groups is 1. The van der Waals surface area contributed by atoms with E-state index in [1.807, 2.05) is 13.8 Å². The van der Waals surface area contributed by atoms with Crippen LogP contribution in [0.15, 0.2) is 11.6 Å². The summed E-state index contributed by atoms with van der Waals surface area (Å²) >= 11 is 1.27. The predicted molar refractivity (Wildman–Crippen MR) is 111 cm³/mol. The summed E-state index contributed by atoms with van der Waals surface area (Å²) in [6, 6.07) is -0.813. The second-order valence-electron chi connectivity index (χ2n) is 8.06. The van der Waals surface area contributed by atoms with E-state index in [0.717, 1.165) is 25.8 Å². The number of hydrogen-bond acceptors (Lipinski definition) is 7. The van der Waals surface area contributed by atoms with E-state index in [4.69, 9.17) is 4.74 Å². The quantitative estimate of drug-likeness (QED) is 0.390. The molecule has 162 valence electrons. The van der Waals surface area contributed by atoms with Crippen LogP contribution in [0.4, 0.5) is 0 Å². The Hall–Kier alpha value is -0.640. The van der Waals surface area contributed by atoms with Gasteiger partial charge in [-0.15, -0.1) is 11.8 Å². The first-order chi connectivity index (χ1) is 13.3. The van der Waals surface area contributed by atoms with Crippen LogP contribution in [0.5, 0.6) is 0 Å². The third kappa shape index (κ3) is 5.70. The van der Waals surface area contributed by atoms with E-state index < -0.39 is 35.9 Å². The summed E-state index contributed by atoms with van der Waals surface area (Å²) in [5.41, 5.74) is 0.730. The third-order valence-electron chi connectivity index (χ3n) is 5.59. The molecule has 0 saturated carbocycles. The monoisotopic (exact) mass is 416 g/mol. The number of aliphatic hydroxyl groups excluding tert-OH is 3. The Morgan fingerprint density at radius 1 is 1.32 bits per heavy atom. The van der Waals surface area contributed by atoms with E-state index in [2.05, 4.69) is 23.6 Å². The van der Waals surface area contributed by atoms with Crippen molar-refractivity contribution in [1.82, 2.24) is 10.6 Å². The zero-order valence-corrected chi connectivity index (χ0v) is 18.1. The molecule has 2 aliphatic rings. The summed E-state index contributed by atoms with van der Waals surface area (Å²) in [6.07, 6.45) is 3.12. The molecule has 0 aliphatic carbocycles. The lowest BCUT2D eigenvalue weighted by Gasteiger charge is -2.44. The summed E-state index contributed by atoms with van der Waals surface area (Å²) in [6.45, 7) is 6.79. The Morgan fingerprint density at radius 3 is 2.64 bits per heavy atom. The Balaban J connectivity index is 2.08. The summed E-state index contributed by atoms with van der Waals surface area (Å²) in [7, 11) is 0. The molecule has 5 N–H and O–H groups in total. The zero-order chi connectivity index (χ0) is 20.8. The molecule has 8 heteroatoms. The predicted octanol–water partition coefficient (Wildman–Crippen LogP) is 0.776. The van der Waals surface area contributed by atoms with Crippen LogP contribution in [0.25, 0.3) is 0 Å². The largest absolute Gasteiger partial charge is 0.388 e. The van der Waals surface area contributed by atoms with Gasteiger partial charge in [-0.1, -0.05) is 38.8 Å². The van der Waals surface area contributed by atoms with Crippen LogP contribution in [-0.2, 0) is 9.53 Å². The van der Waals surface area contributed by atoms with E-state index >= 15 is 0 Å². The molecule has 2 aliphatic heterocycles. The number of carbonyl (C=O) groups excluding carboxylic acids is 1. The molecule has 0 aromatic rings. The molecular weight excluding hydrogens is 380 g/mol. The molecule has 2 rings (SSSR count). The van der Waals surface area contributed by atoms with Gasteiger partial charge in [-0.05, 0) is 38.0 Å². The maximum atomic E-state index is 12.9. The fraction of sp³-hybridized carbons (Fsp3) is 0.850. The second kappa shape index (κ2) is 10.9. The van der Waals surface area contributed by atoms with Gasteiger partial charge >= 0.3 is 0 Å². The summed E-state index contributed by atoms with van der Waals surface area (Å²) in [5, 5.41) is 37.1. The Bertz CT molecular complexity index is 543. The lowest BCUT2D eigenvalue weighted by Crippen LogP contribution is -2.64. The van der Waals surface area contributed by atoms with Gasteiger partial charge in [-0.25, -0.2) is 0 Å². The smallest absolute Gasteiger partial charge is 0.237 e. The minimum Gasteiger partial charge on any atom is -0.388 e. The molecule has 1 saturated heterocycles. The van der Waals surface area contributed by atoms with Gasteiger partial charge < -0.3 is 30.7 Å². The first-order valence-corrected chi connectivity index (χ1v) is 11.5. The van der Waals surface area contributed by atoms with Crippen molar-refractivity contribution in [2.45, 2.75) is 88.4 Å². The minimum atomic E-state index is -1.31. The normalized spacial score (nSPS) is 35.2. The van der Waals surface area contributed by atoms with Crippen molar-refractivity contribution in [1.29, 1.82) is 0 Å². The molecule has 1 fully saturated rings. The first kappa shape index (κ1) is 23.6. The van der Waals surface area contributed by atoms with Gasteiger partial charge in [-0.3, -0.25) is 4.79 Å². The van der Waals surface area contributed by atoms with Gasteiger partial charge in [0.15, 0.2) is 0 Å². The third-order valence-corrected chi connectivity index (χ3v) is 6.44. The highest BCUT2D eigenvalue weighted by atomic mass is 32.2. The number of nitrogens with one attached hydrogen (secondary N) is 2. The van der Waals surface area contributed by atoms with Crippen LogP contribution in [0.2, 0.25) is 0 Å². The van der Waals surface area contributed by atoms with E-state index in [0.29, 0.717) is 6.42 Å². The molecule has 7 atom stereocenters. The van der Waals surface area contributed by atoms with Crippen LogP contribution in [0, 0.1) is 5.92 Å². The highest BCUT2D eigenvalue weighted by Crippen LogP contribution is 2.30. The van der Waals surface area contributed by atoms with Gasteiger partial charge in [0.1, 0.15) is 29.9 Å². The molecule has 2 heterocycles. The zero-order valence-electron chi connectivity index (χ0n) is 17.3. The van der Waals surface area contributed by atoms with E-state index in [9.17, 15) is 20.1 Å². The van der Waals surface area contributed by atoms with Gasteiger partial charge in [0.25, 0.3) is 0 Å². The van der Waals surface area contributed by atoms with Crippen LogP contribution in [-0.4, -0.2) is 76.0 Å². The Labute approximate surface area is 172 Å². The molecule has 7 nitrogen and oxygen atoms in total. The Kier molecular flexibility index (Phi) is 9.24. The summed E-state index contributed by atoms with van der Waals surface area (Å²) in [5.74, 6) is -0.157. The number of amides is 1. The molecule has 0 aromatic carbocycles. The van der Waals surface area contributed by atoms with Crippen molar-refractivity contribution in [3.63, 3.8) is 0 Å². The standard InChI is InChI=1S/C20H36N2O5S/c1-5-6-12-7-8-13(21-10-9-12)19(26)22-14(11(2)3)18-16(24)15(23)17(25)20(27-18)28-4/h7,11,13-18,20-21,23-25H,5-6,8-10H2,1-4H3,(H,22,26). The van der Waals surface area contributed by atoms with E-state index in [1.54, 1.807) is 6.26 Å². The molecular formula is C20H36N2O5S. The summed E-state index contributed by atoms with van der Waals surface area (Å²) < 4.78 is 5.87. The van der Waals surface area contributed by atoms with Gasteiger partial charge in [0.2, 0.25) is 5.91 Å². The molecule has 0 aromatic heterocycles. The number of ether oxygens (including phenoxy) is 1. The van der Waals surface area contributed by atoms with Gasteiger partial charge in [0, 0.05) is 0 Å². The number of hydrogen-bond donors (Lipinski definition) is 5. The lowest BCUT2D eigenvalue weighted by atomic mass is 9.88. The average molecular weight is 417 g/mol. The molecule has 0 bridgehead atoms. The highest BCUT2D eigenvalue weighted by Gasteiger charge is 2.47. The van der Waals surface area contributed by atoms with Crippen molar-refractivity contribution >= 4 is 17.7 Å². The number of aliphatic hydroxyl groups is 3. The highest BCUT2D eigenvalue weighted by molar-refractivity contribution is 7.99. The number of rotatable bonds is 7. The maximum Gasteiger partial charge on any atom is 0.237 e. The topological polar surface area (TPSA) is 111 Å². The van der Waals surface area contributed by atoms with Crippen molar-refractivity contribution in [3.05, 3.63) is 11.6 Å². The van der Waals surface area contributed by atoms with Crippen molar-refractivity contribution in [2.24, 2.45) is 5.92 Å². The first-order valence-electron chi connectivity index (χ1n) is 10.2. The SMILES string of the molecule is CCCC1=CCC(C(=O)NC(C(C)C)C2OC(SC)C(O)C(O)C2O)NCC1. The molecule has 7 unspecified atom stereocenters. The number of carbonyl (C=O) groups is 1. The minimum absolute atomic E-state index is 0.0227. The van der Waals surface area contributed by atoms with Crippen LogP contribution in [0.1, 0.15) is 46.5 Å². The van der Waals surface area contributed by atoms with E-state index in [1.165, 1.54) is 17.3 Å². The van der Waals surface area contributed by atoms with E-state index in [-0.39, 0.29) is 17.9 Å². The van der Waals surface area contributed by atoms with Gasteiger partial charge in [0.05, 0.1) is 12.1 Å². The Morgan fingerprint density at radius 2 is 2.04 bits per heavy atom. The molecule has 1 amide bonds. The molecule has 0 radical (unpaired) electrons. The van der Waals surface area contributed by atoms with Gasteiger partial charge in [-0.2, -0.15) is 0 Å². The maximum absolute atomic E-state index is 12.9.